The van der Waals surface area contributed by atoms with Crippen molar-refractivity contribution in [2.45, 2.75) is 13.0 Å². The van der Waals surface area contributed by atoms with Gasteiger partial charge < -0.3 is 9.47 Å². The zero-order chi connectivity index (χ0) is 18.1. The molecule has 1 aliphatic rings. The Morgan fingerprint density at radius 1 is 1.44 bits per heavy atom. The molecule has 1 fully saturated rings. The monoisotopic (exact) mass is 511 g/mol. The highest BCUT2D eigenvalue weighted by Crippen LogP contribution is 2.30. The van der Waals surface area contributed by atoms with Crippen LogP contribution in [0.25, 0.3) is 10.9 Å². The third-order valence-electron chi connectivity index (χ3n) is 4.36. The second-order valence-corrected chi connectivity index (χ2v) is 8.07. The van der Waals surface area contributed by atoms with E-state index >= 15 is 0 Å². The van der Waals surface area contributed by atoms with E-state index in [1.54, 1.807) is 9.47 Å². The van der Waals surface area contributed by atoms with E-state index in [1.165, 1.54) is 6.08 Å². The predicted octanol–water partition coefficient (Wildman–Crippen LogP) is 3.48. The van der Waals surface area contributed by atoms with Crippen molar-refractivity contribution in [1.29, 1.82) is 5.26 Å². The van der Waals surface area contributed by atoms with E-state index in [9.17, 15) is 14.9 Å². The zero-order valence-electron chi connectivity index (χ0n) is 13.3. The van der Waals surface area contributed by atoms with Crippen LogP contribution in [-0.4, -0.2) is 34.2 Å². The number of hydrogen-bond acceptors (Lipinski definition) is 3. The average molecular weight is 512 g/mol. The molecule has 1 aliphatic heterocycles. The number of nitriles is 1. The summed E-state index contributed by atoms with van der Waals surface area (Å²) in [4.78, 5) is 25.6. The molecule has 0 aliphatic carbocycles. The molecular weight excluding hydrogens is 497 g/mol. The molecule has 1 amide bonds. The maximum atomic E-state index is 12.5. The summed E-state index contributed by atoms with van der Waals surface area (Å²) in [5.74, 6) is 0.174. The van der Waals surface area contributed by atoms with Crippen LogP contribution in [0.5, 0.6) is 0 Å². The molecule has 128 valence electrons. The largest absolute Gasteiger partial charge is 0.338 e. The van der Waals surface area contributed by atoms with Gasteiger partial charge in [-0.2, -0.15) is 5.26 Å². The van der Waals surface area contributed by atoms with Crippen molar-refractivity contribution < 1.29 is 9.59 Å². The third-order valence-corrected chi connectivity index (χ3v) is 5.95. The number of likely N-dealkylation sites (tertiary alicyclic amines) is 1. The Labute approximate surface area is 167 Å². The van der Waals surface area contributed by atoms with E-state index < -0.39 is 0 Å². The molecule has 1 aromatic heterocycles. The predicted molar refractivity (Wildman–Crippen MR) is 107 cm³/mol. The topological polar surface area (TPSA) is 66.1 Å². The smallest absolute Gasteiger partial charge is 0.245 e. The minimum Gasteiger partial charge on any atom is -0.338 e. The molecule has 0 bridgehead atoms. The molecule has 0 atom stereocenters. The SMILES string of the molecule is C=CC(=O)N1CC(CC(=O)Cn2c(C#N)c(I)c3cc(Br)ccc32)C1. The van der Waals surface area contributed by atoms with Gasteiger partial charge in [-0.15, -0.1) is 0 Å². The molecule has 0 unspecified atom stereocenters. The number of Topliss-reactive ketones (excluding diaryl/α,β-unsaturated/α-hetero) is 1. The van der Waals surface area contributed by atoms with Crippen LogP contribution in [0.15, 0.2) is 35.3 Å². The molecule has 2 aromatic rings. The summed E-state index contributed by atoms with van der Waals surface area (Å²) in [5.41, 5.74) is 1.40. The summed E-state index contributed by atoms with van der Waals surface area (Å²) >= 11 is 5.60. The molecule has 0 spiro atoms. The van der Waals surface area contributed by atoms with Gasteiger partial charge in [0.2, 0.25) is 5.91 Å². The van der Waals surface area contributed by atoms with E-state index in [1.807, 2.05) is 18.2 Å². The number of aromatic nitrogens is 1. The van der Waals surface area contributed by atoms with Crippen molar-refractivity contribution in [3.05, 3.63) is 44.6 Å². The summed E-state index contributed by atoms with van der Waals surface area (Å²) in [5, 5.41) is 10.5. The third kappa shape index (κ3) is 3.51. The van der Waals surface area contributed by atoms with Gasteiger partial charge in [0, 0.05) is 35.3 Å². The first kappa shape index (κ1) is 18.1. The lowest BCUT2D eigenvalue weighted by Gasteiger charge is -2.38. The van der Waals surface area contributed by atoms with Crippen molar-refractivity contribution in [2.24, 2.45) is 5.92 Å². The highest BCUT2D eigenvalue weighted by atomic mass is 127. The molecule has 1 saturated heterocycles. The molecule has 0 saturated carbocycles. The first-order chi connectivity index (χ1) is 11.9. The molecule has 5 nitrogen and oxygen atoms in total. The normalized spacial score (nSPS) is 14.2. The summed E-state index contributed by atoms with van der Waals surface area (Å²) < 4.78 is 3.58. The van der Waals surface area contributed by atoms with Crippen LogP contribution in [0.1, 0.15) is 12.1 Å². The van der Waals surface area contributed by atoms with Gasteiger partial charge in [0.15, 0.2) is 5.78 Å². The van der Waals surface area contributed by atoms with Gasteiger partial charge in [-0.3, -0.25) is 9.59 Å². The second-order valence-electron chi connectivity index (χ2n) is 6.08. The highest BCUT2D eigenvalue weighted by Gasteiger charge is 2.31. The summed E-state index contributed by atoms with van der Waals surface area (Å²) in [6, 6.07) is 8.00. The number of carbonyl (C=O) groups excluding carboxylic acids is 2. The molecular formula is C18H15BrIN3O2. The van der Waals surface area contributed by atoms with Crippen molar-refractivity contribution >= 4 is 61.1 Å². The number of nitrogens with zero attached hydrogens (tertiary/aromatic N) is 3. The number of benzene rings is 1. The van der Waals surface area contributed by atoms with Crippen molar-refractivity contribution in [3.8, 4) is 6.07 Å². The number of halogens is 2. The Morgan fingerprint density at radius 2 is 2.16 bits per heavy atom. The van der Waals surface area contributed by atoms with Crippen LogP contribution >= 0.6 is 38.5 Å². The summed E-state index contributed by atoms with van der Waals surface area (Å²) in [6.07, 6.45) is 1.71. The number of fused-ring (bicyclic) bond motifs is 1. The Morgan fingerprint density at radius 3 is 2.80 bits per heavy atom. The Balaban J connectivity index is 1.75. The number of rotatable bonds is 5. The maximum Gasteiger partial charge on any atom is 0.245 e. The first-order valence-corrected chi connectivity index (χ1v) is 9.62. The van der Waals surface area contributed by atoms with E-state index in [0.29, 0.717) is 25.2 Å². The van der Waals surface area contributed by atoms with Crippen LogP contribution in [0.4, 0.5) is 0 Å². The van der Waals surface area contributed by atoms with E-state index in [-0.39, 0.29) is 24.2 Å². The minimum absolute atomic E-state index is 0.0726. The molecule has 7 heteroatoms. The second kappa shape index (κ2) is 7.30. The van der Waals surface area contributed by atoms with Crippen LogP contribution < -0.4 is 0 Å². The van der Waals surface area contributed by atoms with Gasteiger partial charge in [-0.25, -0.2) is 0 Å². The number of hydrogen-bond donors (Lipinski definition) is 0. The Hall–Kier alpha value is -1.66. The summed E-state index contributed by atoms with van der Waals surface area (Å²) in [6.45, 7) is 4.83. The zero-order valence-corrected chi connectivity index (χ0v) is 17.1. The van der Waals surface area contributed by atoms with Gasteiger partial charge in [0.05, 0.1) is 15.6 Å². The van der Waals surface area contributed by atoms with Crippen molar-refractivity contribution in [2.75, 3.05) is 13.1 Å². The van der Waals surface area contributed by atoms with Gasteiger partial charge in [0.25, 0.3) is 0 Å². The van der Waals surface area contributed by atoms with Gasteiger partial charge in [-0.05, 0) is 46.9 Å². The van der Waals surface area contributed by atoms with E-state index in [4.69, 9.17) is 0 Å². The van der Waals surface area contributed by atoms with Crippen LogP contribution in [0.2, 0.25) is 0 Å². The average Bonchev–Trinajstić information content (AvgIpc) is 2.81. The molecule has 3 rings (SSSR count). The molecule has 0 radical (unpaired) electrons. The van der Waals surface area contributed by atoms with Gasteiger partial charge >= 0.3 is 0 Å². The Bertz CT molecular complexity index is 923. The maximum absolute atomic E-state index is 12.5. The fourth-order valence-corrected chi connectivity index (χ4v) is 4.34. The number of ketones is 1. The van der Waals surface area contributed by atoms with Gasteiger partial charge in [-0.1, -0.05) is 22.5 Å². The van der Waals surface area contributed by atoms with Crippen LogP contribution in [0.3, 0.4) is 0 Å². The number of amides is 1. The number of carbonyl (C=O) groups is 2. The van der Waals surface area contributed by atoms with Gasteiger partial charge in [0.1, 0.15) is 11.8 Å². The lowest BCUT2D eigenvalue weighted by atomic mass is 9.94. The fourth-order valence-electron chi connectivity index (χ4n) is 3.13. The summed E-state index contributed by atoms with van der Waals surface area (Å²) in [7, 11) is 0. The first-order valence-electron chi connectivity index (χ1n) is 7.75. The molecule has 1 aromatic carbocycles. The van der Waals surface area contributed by atoms with Crippen molar-refractivity contribution in [3.63, 3.8) is 0 Å². The Kier molecular flexibility index (Phi) is 5.29. The van der Waals surface area contributed by atoms with E-state index in [0.717, 1.165) is 18.9 Å². The van der Waals surface area contributed by atoms with E-state index in [2.05, 4.69) is 51.2 Å². The lowest BCUT2D eigenvalue weighted by molar-refractivity contribution is -0.134. The fraction of sp³-hybridized carbons (Fsp3) is 0.278. The minimum atomic E-state index is -0.0907. The molecule has 2 heterocycles. The molecule has 0 N–H and O–H groups in total. The lowest BCUT2D eigenvalue weighted by Crippen LogP contribution is -2.50. The standard InChI is InChI=1S/C18H15BrIN3O2/c1-2-17(25)22-8-11(9-22)5-13(24)10-23-15-4-3-12(19)6-14(15)18(20)16(23)7-21/h2-4,6,11H,1,5,8-10H2. The van der Waals surface area contributed by atoms with Crippen molar-refractivity contribution in [1.82, 2.24) is 9.47 Å². The molecule has 25 heavy (non-hydrogen) atoms. The quantitative estimate of drug-likeness (QED) is 0.456. The van der Waals surface area contributed by atoms with Crippen LogP contribution in [0, 0.1) is 20.8 Å². The van der Waals surface area contributed by atoms with Crippen LogP contribution in [-0.2, 0) is 16.1 Å². The highest BCUT2D eigenvalue weighted by molar-refractivity contribution is 14.1.